The largest absolute Gasteiger partial charge is 0.495 e. The number of nitrogens with one attached hydrogen (secondary N) is 2. The van der Waals surface area contributed by atoms with E-state index in [-0.39, 0.29) is 30.2 Å². The zero-order valence-electron chi connectivity index (χ0n) is 18.2. The lowest BCUT2D eigenvalue weighted by molar-refractivity contribution is -0.898. The van der Waals surface area contributed by atoms with Gasteiger partial charge in [-0.05, 0) is 25.5 Å². The Morgan fingerprint density at radius 2 is 1.87 bits per heavy atom. The first-order valence-electron chi connectivity index (χ1n) is 10.7. The fourth-order valence-electron chi connectivity index (χ4n) is 3.70. The predicted molar refractivity (Wildman–Crippen MR) is 113 cm³/mol. The molecule has 166 valence electrons. The second kappa shape index (κ2) is 12.2. The van der Waals surface area contributed by atoms with E-state index in [0.29, 0.717) is 31.1 Å². The molecule has 0 saturated carbocycles. The summed E-state index contributed by atoms with van der Waals surface area (Å²) in [5, 5.41) is 2.82. The Morgan fingerprint density at radius 3 is 2.50 bits per heavy atom. The van der Waals surface area contributed by atoms with Crippen molar-refractivity contribution in [2.45, 2.75) is 33.1 Å². The number of nitrogens with zero attached hydrogens (tertiary/aromatic N) is 1. The summed E-state index contributed by atoms with van der Waals surface area (Å²) < 4.78 is 10.4. The molecule has 8 heteroatoms. The molecular weight excluding hydrogens is 386 g/mol. The minimum Gasteiger partial charge on any atom is -0.495 e. The molecule has 0 atom stereocenters. The topological polar surface area (TPSA) is 89.4 Å². The average molecular weight is 421 g/mol. The van der Waals surface area contributed by atoms with Crippen molar-refractivity contribution < 1.29 is 28.8 Å². The molecule has 0 bridgehead atoms. The van der Waals surface area contributed by atoms with E-state index in [1.807, 2.05) is 26.0 Å². The van der Waals surface area contributed by atoms with E-state index >= 15 is 0 Å². The van der Waals surface area contributed by atoms with Crippen molar-refractivity contribution in [3.63, 3.8) is 0 Å². The minimum absolute atomic E-state index is 0.00343. The third-order valence-electron chi connectivity index (χ3n) is 5.28. The van der Waals surface area contributed by atoms with Crippen molar-refractivity contribution in [2.24, 2.45) is 5.92 Å². The van der Waals surface area contributed by atoms with Crippen molar-refractivity contribution in [1.29, 1.82) is 0 Å². The van der Waals surface area contributed by atoms with Crippen LogP contribution >= 0.6 is 0 Å². The van der Waals surface area contributed by atoms with E-state index in [2.05, 4.69) is 5.32 Å². The van der Waals surface area contributed by atoms with Gasteiger partial charge in [0.05, 0.1) is 38.4 Å². The van der Waals surface area contributed by atoms with Crippen LogP contribution in [-0.4, -0.2) is 69.1 Å². The standard InChI is InChI=1S/C22H33N3O5/c1-4-12-25(15-20(26)23-18-8-6-7-9-19(18)29-3)21(27)16-24-13-10-17(11-14-24)22(28)30-5-2/h6-9,17H,4-5,10-16H2,1-3H3,(H,23,26)/p+1. The quantitative estimate of drug-likeness (QED) is 0.545. The number of likely N-dealkylation sites (tertiary alicyclic amines) is 1. The van der Waals surface area contributed by atoms with E-state index in [4.69, 9.17) is 9.47 Å². The maximum atomic E-state index is 12.8. The molecule has 0 aliphatic carbocycles. The monoisotopic (exact) mass is 420 g/mol. The van der Waals surface area contributed by atoms with Gasteiger partial charge in [-0.15, -0.1) is 0 Å². The molecule has 1 saturated heterocycles. The highest BCUT2D eigenvalue weighted by atomic mass is 16.5. The first-order chi connectivity index (χ1) is 14.5. The van der Waals surface area contributed by atoms with Crippen molar-refractivity contribution in [3.05, 3.63) is 24.3 Å². The summed E-state index contributed by atoms with van der Waals surface area (Å²) >= 11 is 0. The Labute approximate surface area is 178 Å². The molecule has 1 fully saturated rings. The van der Waals surface area contributed by atoms with Gasteiger partial charge in [-0.2, -0.15) is 0 Å². The summed E-state index contributed by atoms with van der Waals surface area (Å²) in [4.78, 5) is 40.0. The van der Waals surface area contributed by atoms with Crippen LogP contribution in [0.2, 0.25) is 0 Å². The number of hydrogen-bond donors (Lipinski definition) is 2. The summed E-state index contributed by atoms with van der Waals surface area (Å²) in [6, 6.07) is 7.18. The number of anilines is 1. The number of carbonyl (C=O) groups excluding carboxylic acids is 3. The average Bonchev–Trinajstić information content (AvgIpc) is 2.74. The Bertz CT molecular complexity index is 716. The Morgan fingerprint density at radius 1 is 1.17 bits per heavy atom. The van der Waals surface area contributed by atoms with E-state index in [1.54, 1.807) is 24.1 Å². The molecule has 0 spiro atoms. The Kier molecular flexibility index (Phi) is 9.60. The van der Waals surface area contributed by atoms with Gasteiger partial charge < -0.3 is 24.6 Å². The first kappa shape index (κ1) is 23.7. The normalized spacial score (nSPS) is 18.4. The summed E-state index contributed by atoms with van der Waals surface area (Å²) in [6.45, 7) is 6.55. The van der Waals surface area contributed by atoms with E-state index in [9.17, 15) is 14.4 Å². The third-order valence-corrected chi connectivity index (χ3v) is 5.28. The fraction of sp³-hybridized carbons (Fsp3) is 0.591. The second-order valence-electron chi connectivity index (χ2n) is 7.52. The lowest BCUT2D eigenvalue weighted by atomic mass is 9.97. The van der Waals surface area contributed by atoms with Crippen molar-refractivity contribution >= 4 is 23.5 Å². The first-order valence-corrected chi connectivity index (χ1v) is 10.7. The predicted octanol–water partition coefficient (Wildman–Crippen LogP) is 0.730. The van der Waals surface area contributed by atoms with Crippen molar-refractivity contribution in [2.75, 3.05) is 51.8 Å². The van der Waals surface area contributed by atoms with Crippen molar-refractivity contribution in [1.82, 2.24) is 4.90 Å². The van der Waals surface area contributed by atoms with Gasteiger partial charge in [-0.25, -0.2) is 0 Å². The molecule has 1 aromatic rings. The number of amides is 2. The molecule has 2 N–H and O–H groups in total. The van der Waals surface area contributed by atoms with Crippen LogP contribution in [0.5, 0.6) is 5.75 Å². The molecule has 2 amide bonds. The summed E-state index contributed by atoms with van der Waals surface area (Å²) in [5.74, 6) is 0.0766. The van der Waals surface area contributed by atoms with Crippen LogP contribution in [0.3, 0.4) is 0 Å². The van der Waals surface area contributed by atoms with Crippen LogP contribution in [0.25, 0.3) is 0 Å². The molecule has 30 heavy (non-hydrogen) atoms. The number of ether oxygens (including phenoxy) is 2. The van der Waals surface area contributed by atoms with Crippen LogP contribution in [0.1, 0.15) is 33.1 Å². The van der Waals surface area contributed by atoms with E-state index in [0.717, 1.165) is 37.3 Å². The van der Waals surface area contributed by atoms with Gasteiger partial charge in [-0.3, -0.25) is 14.4 Å². The number of rotatable bonds is 10. The maximum absolute atomic E-state index is 12.8. The SMILES string of the molecule is CCCN(CC(=O)Nc1ccccc1OC)C(=O)C[NH+]1CCC(C(=O)OCC)CC1. The summed E-state index contributed by atoms with van der Waals surface area (Å²) in [7, 11) is 1.55. The molecule has 1 aromatic carbocycles. The van der Waals surface area contributed by atoms with Crippen LogP contribution < -0.4 is 15.0 Å². The molecule has 0 radical (unpaired) electrons. The van der Waals surface area contributed by atoms with Gasteiger partial charge in [0.25, 0.3) is 5.91 Å². The molecule has 1 aliphatic rings. The Hall–Kier alpha value is -2.61. The number of benzene rings is 1. The number of para-hydroxylation sites is 2. The van der Waals surface area contributed by atoms with Crippen LogP contribution in [0.15, 0.2) is 24.3 Å². The highest BCUT2D eigenvalue weighted by Crippen LogP contribution is 2.22. The van der Waals surface area contributed by atoms with Gasteiger partial charge in [0.1, 0.15) is 12.3 Å². The molecule has 8 nitrogen and oxygen atoms in total. The van der Waals surface area contributed by atoms with Gasteiger partial charge in [0, 0.05) is 19.4 Å². The zero-order valence-corrected chi connectivity index (χ0v) is 18.2. The smallest absolute Gasteiger partial charge is 0.309 e. The molecule has 0 aromatic heterocycles. The molecular formula is C22H34N3O5+. The molecule has 2 rings (SSSR count). The van der Waals surface area contributed by atoms with Crippen LogP contribution in [0, 0.1) is 5.92 Å². The lowest BCUT2D eigenvalue weighted by Gasteiger charge is -2.29. The zero-order chi connectivity index (χ0) is 21.9. The molecule has 1 aliphatic heterocycles. The number of esters is 1. The molecule has 1 heterocycles. The number of carbonyl (C=O) groups is 3. The lowest BCUT2D eigenvalue weighted by Crippen LogP contribution is -3.14. The van der Waals surface area contributed by atoms with Crippen LogP contribution in [-0.2, 0) is 19.1 Å². The fourth-order valence-corrected chi connectivity index (χ4v) is 3.70. The minimum atomic E-state index is -0.252. The van der Waals surface area contributed by atoms with Crippen molar-refractivity contribution in [3.8, 4) is 5.75 Å². The Balaban J connectivity index is 1.87. The van der Waals surface area contributed by atoms with Gasteiger partial charge in [0.15, 0.2) is 6.54 Å². The number of methoxy groups -OCH3 is 1. The number of quaternary nitrogens is 1. The van der Waals surface area contributed by atoms with Crippen LogP contribution in [0.4, 0.5) is 5.69 Å². The van der Waals surface area contributed by atoms with Gasteiger partial charge >= 0.3 is 5.97 Å². The van der Waals surface area contributed by atoms with E-state index < -0.39 is 0 Å². The number of piperidine rings is 1. The van der Waals surface area contributed by atoms with Gasteiger partial charge in [-0.1, -0.05) is 19.1 Å². The molecule has 0 unspecified atom stereocenters. The summed E-state index contributed by atoms with van der Waals surface area (Å²) in [5.41, 5.74) is 0.584. The van der Waals surface area contributed by atoms with E-state index in [1.165, 1.54) is 0 Å². The highest BCUT2D eigenvalue weighted by molar-refractivity contribution is 5.95. The summed E-state index contributed by atoms with van der Waals surface area (Å²) in [6.07, 6.45) is 2.22. The number of hydrogen-bond acceptors (Lipinski definition) is 5. The third kappa shape index (κ3) is 7.02. The maximum Gasteiger partial charge on any atom is 0.309 e. The second-order valence-corrected chi connectivity index (χ2v) is 7.52. The highest BCUT2D eigenvalue weighted by Gasteiger charge is 2.30. The van der Waals surface area contributed by atoms with Gasteiger partial charge in [0.2, 0.25) is 5.91 Å².